The molecule has 1 N–H and O–H groups in total. The van der Waals surface area contributed by atoms with Crippen molar-refractivity contribution in [2.75, 3.05) is 0 Å². The van der Waals surface area contributed by atoms with Gasteiger partial charge in [-0.3, -0.25) is 4.79 Å². The van der Waals surface area contributed by atoms with E-state index in [1.54, 1.807) is 0 Å². The summed E-state index contributed by atoms with van der Waals surface area (Å²) in [6, 6.07) is -1.34. The third-order valence-corrected chi connectivity index (χ3v) is 2.71. The first-order valence-corrected chi connectivity index (χ1v) is 5.38. The number of carbonyl (C=O) groups is 2. The first-order chi connectivity index (χ1) is 7.13. The lowest BCUT2D eigenvalue weighted by Gasteiger charge is -2.11. The van der Waals surface area contributed by atoms with Crippen LogP contribution in [0.1, 0.15) is 12.8 Å². The van der Waals surface area contributed by atoms with Gasteiger partial charge in [0.2, 0.25) is 5.91 Å². The molecule has 0 aromatic heterocycles. The van der Waals surface area contributed by atoms with Crippen molar-refractivity contribution in [3.63, 3.8) is 0 Å². The van der Waals surface area contributed by atoms with Gasteiger partial charge in [-0.05, 0) is 6.42 Å². The van der Waals surface area contributed by atoms with Gasteiger partial charge >= 0.3 is 21.6 Å². The molecule has 1 heterocycles. The van der Waals surface area contributed by atoms with Crippen molar-refractivity contribution in [3.8, 4) is 0 Å². The first kappa shape index (κ1) is 12.7. The molecule has 0 spiro atoms. The molecular weight excluding hydrogens is 255 g/mol. The fourth-order valence-corrected chi connectivity index (χ4v) is 1.43. The van der Waals surface area contributed by atoms with Gasteiger partial charge in [0.15, 0.2) is 0 Å². The zero-order valence-corrected chi connectivity index (χ0v) is 8.39. The van der Waals surface area contributed by atoms with Gasteiger partial charge in [-0.25, -0.2) is 4.79 Å². The van der Waals surface area contributed by atoms with Crippen LogP contribution < -0.4 is 5.32 Å². The molecule has 6 nitrogen and oxygen atoms in total. The lowest BCUT2D eigenvalue weighted by atomic mass is 10.2. The van der Waals surface area contributed by atoms with Crippen LogP contribution >= 0.6 is 0 Å². The van der Waals surface area contributed by atoms with Crippen molar-refractivity contribution < 1.29 is 35.4 Å². The van der Waals surface area contributed by atoms with E-state index < -0.39 is 33.5 Å². The molecular formula is C6H6F3NO5S. The van der Waals surface area contributed by atoms with Crippen LogP contribution in [0, 0.1) is 0 Å². The maximum absolute atomic E-state index is 11.8. The Hall–Kier alpha value is -1.32. The lowest BCUT2D eigenvalue weighted by Crippen LogP contribution is -2.38. The Morgan fingerprint density at radius 3 is 2.38 bits per heavy atom. The average Bonchev–Trinajstić information content (AvgIpc) is 2.48. The van der Waals surface area contributed by atoms with Gasteiger partial charge in [0, 0.05) is 6.42 Å². The molecule has 1 rings (SSSR count). The number of alkyl halides is 3. The van der Waals surface area contributed by atoms with Crippen molar-refractivity contribution in [1.29, 1.82) is 0 Å². The van der Waals surface area contributed by atoms with Gasteiger partial charge in [0.1, 0.15) is 6.04 Å². The Kier molecular flexibility index (Phi) is 3.13. The first-order valence-electron chi connectivity index (χ1n) is 3.97. The largest absolute Gasteiger partial charge is 0.534 e. The van der Waals surface area contributed by atoms with Gasteiger partial charge in [0.25, 0.3) is 0 Å². The Morgan fingerprint density at radius 2 is 2.00 bits per heavy atom. The van der Waals surface area contributed by atoms with Crippen molar-refractivity contribution in [2.24, 2.45) is 0 Å². The second-order valence-electron chi connectivity index (χ2n) is 2.96. The molecule has 0 radical (unpaired) electrons. The lowest BCUT2D eigenvalue weighted by molar-refractivity contribution is -0.139. The molecule has 0 aliphatic carbocycles. The number of nitrogens with one attached hydrogen (secondary N) is 1. The summed E-state index contributed by atoms with van der Waals surface area (Å²) >= 11 is 0. The van der Waals surface area contributed by atoms with Crippen molar-refractivity contribution in [1.82, 2.24) is 5.32 Å². The van der Waals surface area contributed by atoms with Crippen LogP contribution in [0.2, 0.25) is 0 Å². The summed E-state index contributed by atoms with van der Waals surface area (Å²) in [6.07, 6.45) is -0.156. The highest BCUT2D eigenvalue weighted by molar-refractivity contribution is 7.88. The maximum Gasteiger partial charge on any atom is 0.534 e. The van der Waals surface area contributed by atoms with E-state index >= 15 is 0 Å². The van der Waals surface area contributed by atoms with Crippen LogP contribution in [0.15, 0.2) is 0 Å². The van der Waals surface area contributed by atoms with E-state index in [1.807, 2.05) is 5.32 Å². The van der Waals surface area contributed by atoms with Crippen molar-refractivity contribution >= 4 is 22.0 Å². The third-order valence-electron chi connectivity index (χ3n) is 1.76. The molecule has 0 bridgehead atoms. The number of amides is 1. The van der Waals surface area contributed by atoms with E-state index in [1.165, 1.54) is 0 Å². The molecule has 0 aromatic carbocycles. The SMILES string of the molecule is O=C1CC[C@@H](C(=O)OS(=O)(=O)C(F)(F)F)N1. The highest BCUT2D eigenvalue weighted by atomic mass is 32.2. The molecule has 1 atom stereocenters. The summed E-state index contributed by atoms with van der Waals surface area (Å²) in [4.78, 5) is 21.6. The van der Waals surface area contributed by atoms with Crippen molar-refractivity contribution in [3.05, 3.63) is 0 Å². The normalized spacial score (nSPS) is 21.7. The molecule has 1 fully saturated rings. The van der Waals surface area contributed by atoms with E-state index in [2.05, 4.69) is 4.18 Å². The highest BCUT2D eigenvalue weighted by Crippen LogP contribution is 2.25. The van der Waals surface area contributed by atoms with Crippen LogP contribution in [0.5, 0.6) is 0 Å². The monoisotopic (exact) mass is 261 g/mol. The summed E-state index contributed by atoms with van der Waals surface area (Å²) in [5.41, 5.74) is -5.66. The molecule has 92 valence electrons. The average molecular weight is 261 g/mol. The summed E-state index contributed by atoms with van der Waals surface area (Å²) in [6.45, 7) is 0. The van der Waals surface area contributed by atoms with Crippen LogP contribution in [0.3, 0.4) is 0 Å². The van der Waals surface area contributed by atoms with Gasteiger partial charge < -0.3 is 9.50 Å². The van der Waals surface area contributed by atoms with E-state index in [9.17, 15) is 31.2 Å². The standard InChI is InChI=1S/C6H6F3NO5S/c7-6(8,9)16(13,14)15-5(12)3-1-2-4(11)10-3/h3H,1-2H2,(H,10,11)/t3-/m0/s1. The fraction of sp³-hybridized carbons (Fsp3) is 0.667. The Labute approximate surface area is 87.9 Å². The zero-order chi connectivity index (χ0) is 12.6. The molecule has 1 aliphatic heterocycles. The molecule has 1 aliphatic rings. The molecule has 1 saturated heterocycles. The van der Waals surface area contributed by atoms with Crippen LogP contribution in [-0.2, 0) is 23.9 Å². The summed E-state index contributed by atoms with van der Waals surface area (Å²) in [5.74, 6) is -2.19. The predicted octanol–water partition coefficient (Wildman–Crippen LogP) is -0.342. The molecule has 0 aromatic rings. The third kappa shape index (κ3) is 2.62. The van der Waals surface area contributed by atoms with Gasteiger partial charge in [-0.2, -0.15) is 21.6 Å². The smallest absolute Gasteiger partial charge is 0.343 e. The minimum atomic E-state index is -5.95. The van der Waals surface area contributed by atoms with Crippen LogP contribution in [0.25, 0.3) is 0 Å². The zero-order valence-electron chi connectivity index (χ0n) is 7.57. The van der Waals surface area contributed by atoms with E-state index in [4.69, 9.17) is 0 Å². The van der Waals surface area contributed by atoms with Gasteiger partial charge in [-0.1, -0.05) is 0 Å². The number of halogens is 3. The maximum atomic E-state index is 11.8. The minimum absolute atomic E-state index is 0.0637. The molecule has 16 heavy (non-hydrogen) atoms. The number of hydrogen-bond donors (Lipinski definition) is 1. The van der Waals surface area contributed by atoms with Gasteiger partial charge in [-0.15, -0.1) is 0 Å². The van der Waals surface area contributed by atoms with E-state index in [0.717, 1.165) is 0 Å². The number of rotatable bonds is 2. The predicted molar refractivity (Wildman–Crippen MR) is 42.2 cm³/mol. The summed E-state index contributed by atoms with van der Waals surface area (Å²) in [7, 11) is -5.95. The van der Waals surface area contributed by atoms with Gasteiger partial charge in [0.05, 0.1) is 0 Å². The topological polar surface area (TPSA) is 89.5 Å². The highest BCUT2D eigenvalue weighted by Gasteiger charge is 2.50. The minimum Gasteiger partial charge on any atom is -0.343 e. The summed E-state index contributed by atoms with van der Waals surface area (Å²) in [5, 5.41) is 1.98. The van der Waals surface area contributed by atoms with Crippen molar-refractivity contribution in [2.45, 2.75) is 24.4 Å². The quantitative estimate of drug-likeness (QED) is 0.542. The number of carbonyl (C=O) groups excluding carboxylic acids is 2. The summed E-state index contributed by atoms with van der Waals surface area (Å²) < 4.78 is 59.6. The van der Waals surface area contributed by atoms with E-state index in [-0.39, 0.29) is 12.8 Å². The molecule has 10 heteroatoms. The Bertz CT molecular complexity index is 414. The second kappa shape index (κ2) is 3.92. The van der Waals surface area contributed by atoms with E-state index in [0.29, 0.717) is 0 Å². The Balaban J connectivity index is 2.69. The fourth-order valence-electron chi connectivity index (χ4n) is 1.00. The molecule has 1 amide bonds. The van der Waals surface area contributed by atoms with Crippen LogP contribution in [0.4, 0.5) is 13.2 Å². The van der Waals surface area contributed by atoms with Crippen LogP contribution in [-0.4, -0.2) is 31.8 Å². The molecule has 0 saturated carbocycles. The second-order valence-corrected chi connectivity index (χ2v) is 4.50. The number of hydrogen-bond acceptors (Lipinski definition) is 5. The molecule has 0 unspecified atom stereocenters. The Morgan fingerprint density at radius 1 is 1.44 bits per heavy atom.